The zero-order valence-electron chi connectivity index (χ0n) is 9.97. The minimum absolute atomic E-state index is 0.00700. The van der Waals surface area contributed by atoms with Crippen molar-refractivity contribution in [2.24, 2.45) is 0 Å². The van der Waals surface area contributed by atoms with Crippen LogP contribution in [0.2, 0.25) is 0 Å². The van der Waals surface area contributed by atoms with Crippen molar-refractivity contribution in [3.63, 3.8) is 0 Å². The third-order valence-corrected chi connectivity index (χ3v) is 3.17. The van der Waals surface area contributed by atoms with Crippen molar-refractivity contribution in [1.82, 2.24) is 0 Å². The van der Waals surface area contributed by atoms with Crippen molar-refractivity contribution in [2.45, 2.75) is 13.0 Å². The number of aliphatic hydroxyl groups is 1. The molecule has 0 amide bonds. The lowest BCUT2D eigenvalue weighted by Crippen LogP contribution is -2.03. The molecule has 0 saturated carbocycles. The average molecular weight is 307 g/mol. The Morgan fingerprint density at radius 1 is 1.06 bits per heavy atom. The van der Waals surface area contributed by atoms with Crippen LogP contribution < -0.4 is 4.74 Å². The molecule has 2 rings (SSSR count). The molecule has 0 saturated heterocycles. The minimum Gasteiger partial charge on any atom is -0.493 e. The third kappa shape index (κ3) is 3.59. The van der Waals surface area contributed by atoms with Gasteiger partial charge in [0.05, 0.1) is 13.2 Å². The van der Waals surface area contributed by atoms with Gasteiger partial charge in [0.25, 0.3) is 0 Å². The van der Waals surface area contributed by atoms with Crippen molar-refractivity contribution >= 4 is 15.9 Å². The van der Waals surface area contributed by atoms with Crippen LogP contribution in [0.5, 0.6) is 5.75 Å². The molecule has 3 heteroatoms. The van der Waals surface area contributed by atoms with Crippen LogP contribution in [0, 0.1) is 0 Å². The molecule has 0 bridgehead atoms. The summed E-state index contributed by atoms with van der Waals surface area (Å²) in [6.07, 6.45) is 0.846. The van der Waals surface area contributed by atoms with Crippen molar-refractivity contribution in [2.75, 3.05) is 6.61 Å². The zero-order valence-corrected chi connectivity index (χ0v) is 11.6. The topological polar surface area (TPSA) is 29.5 Å². The number of ether oxygens (including phenoxy) is 1. The number of rotatable bonds is 5. The van der Waals surface area contributed by atoms with Gasteiger partial charge in [-0.3, -0.25) is 0 Å². The van der Waals surface area contributed by atoms with Gasteiger partial charge in [0, 0.05) is 16.5 Å². The van der Waals surface area contributed by atoms with Gasteiger partial charge < -0.3 is 9.84 Å². The summed E-state index contributed by atoms with van der Waals surface area (Å²) in [6.45, 7) is 0.612. The summed E-state index contributed by atoms with van der Waals surface area (Å²) < 4.78 is 6.78. The first-order valence-electron chi connectivity index (χ1n) is 5.85. The van der Waals surface area contributed by atoms with Gasteiger partial charge in [-0.15, -0.1) is 0 Å². The fourth-order valence-corrected chi connectivity index (χ4v) is 2.19. The van der Waals surface area contributed by atoms with Gasteiger partial charge in [-0.25, -0.2) is 0 Å². The summed E-state index contributed by atoms with van der Waals surface area (Å²) in [5, 5.41) is 9.18. The monoisotopic (exact) mass is 306 g/mol. The van der Waals surface area contributed by atoms with Gasteiger partial charge >= 0.3 is 0 Å². The van der Waals surface area contributed by atoms with Crippen LogP contribution >= 0.6 is 15.9 Å². The second-order valence-corrected chi connectivity index (χ2v) is 4.91. The molecule has 94 valence electrons. The lowest BCUT2D eigenvalue weighted by atomic mass is 10.2. The Morgan fingerprint density at radius 3 is 2.67 bits per heavy atom. The van der Waals surface area contributed by atoms with E-state index in [9.17, 15) is 5.11 Å². The minimum atomic E-state index is 0.00700. The van der Waals surface area contributed by atoms with E-state index in [2.05, 4.69) is 28.1 Å². The molecule has 0 radical (unpaired) electrons. The summed E-state index contributed by atoms with van der Waals surface area (Å²) in [6, 6.07) is 15.7. The lowest BCUT2D eigenvalue weighted by Gasteiger charge is -2.09. The Bertz CT molecular complexity index is 511. The van der Waals surface area contributed by atoms with Gasteiger partial charge in [0.15, 0.2) is 0 Å². The summed E-state index contributed by atoms with van der Waals surface area (Å²) >= 11 is 3.45. The molecule has 0 aliphatic heterocycles. The standard InChI is InChI=1S/C15H15BrO2/c16-14-6-3-4-12(10-14)8-9-18-15-7-2-1-5-13(15)11-17/h1-7,10,17H,8-9,11H2. The fraction of sp³-hybridized carbons (Fsp3) is 0.200. The Hall–Kier alpha value is -1.32. The number of hydrogen-bond donors (Lipinski definition) is 1. The second kappa shape index (κ2) is 6.57. The predicted octanol–water partition coefficient (Wildman–Crippen LogP) is 3.56. The summed E-state index contributed by atoms with van der Waals surface area (Å²) in [5.74, 6) is 0.759. The molecule has 1 N–H and O–H groups in total. The predicted molar refractivity (Wildman–Crippen MR) is 75.7 cm³/mol. The summed E-state index contributed by atoms with van der Waals surface area (Å²) in [4.78, 5) is 0. The number of halogens is 1. The molecule has 18 heavy (non-hydrogen) atoms. The van der Waals surface area contributed by atoms with Gasteiger partial charge in [0.2, 0.25) is 0 Å². The van der Waals surface area contributed by atoms with E-state index in [1.807, 2.05) is 36.4 Å². The van der Waals surface area contributed by atoms with Crippen LogP contribution in [0.4, 0.5) is 0 Å². The molecule has 0 fully saturated rings. The van der Waals surface area contributed by atoms with Crippen molar-refractivity contribution in [1.29, 1.82) is 0 Å². The van der Waals surface area contributed by atoms with Crippen LogP contribution in [-0.4, -0.2) is 11.7 Å². The third-order valence-electron chi connectivity index (χ3n) is 2.68. The van der Waals surface area contributed by atoms with E-state index < -0.39 is 0 Å². The lowest BCUT2D eigenvalue weighted by molar-refractivity contribution is 0.264. The number of benzene rings is 2. The van der Waals surface area contributed by atoms with Crippen molar-refractivity contribution in [3.05, 3.63) is 64.1 Å². The molecule has 2 aromatic carbocycles. The fourth-order valence-electron chi connectivity index (χ4n) is 1.75. The van der Waals surface area contributed by atoms with Crippen molar-refractivity contribution < 1.29 is 9.84 Å². The maximum atomic E-state index is 9.18. The van der Waals surface area contributed by atoms with E-state index in [0.717, 1.165) is 22.2 Å². The molecule has 2 nitrogen and oxygen atoms in total. The van der Waals surface area contributed by atoms with Gasteiger partial charge in [-0.2, -0.15) is 0 Å². The first-order chi connectivity index (χ1) is 8.79. The maximum Gasteiger partial charge on any atom is 0.124 e. The molecular weight excluding hydrogens is 292 g/mol. The molecule has 0 aromatic heterocycles. The van der Waals surface area contributed by atoms with Crippen LogP contribution in [0.15, 0.2) is 53.0 Å². The van der Waals surface area contributed by atoms with E-state index in [1.54, 1.807) is 0 Å². The largest absolute Gasteiger partial charge is 0.493 e. The number of para-hydroxylation sites is 1. The first-order valence-corrected chi connectivity index (χ1v) is 6.65. The Labute approximate surface area is 115 Å². The smallest absolute Gasteiger partial charge is 0.124 e. The molecule has 0 atom stereocenters. The van der Waals surface area contributed by atoms with Gasteiger partial charge in [-0.1, -0.05) is 46.3 Å². The van der Waals surface area contributed by atoms with Gasteiger partial charge in [-0.05, 0) is 23.8 Å². The molecule has 0 heterocycles. The molecular formula is C15H15BrO2. The normalized spacial score (nSPS) is 10.3. The van der Waals surface area contributed by atoms with E-state index in [0.29, 0.717) is 6.61 Å². The SMILES string of the molecule is OCc1ccccc1OCCc1cccc(Br)c1. The molecule has 0 aliphatic rings. The maximum absolute atomic E-state index is 9.18. The molecule has 0 aliphatic carbocycles. The van der Waals surface area contributed by atoms with Crippen LogP contribution in [0.1, 0.15) is 11.1 Å². The summed E-state index contributed by atoms with van der Waals surface area (Å²) in [5.41, 5.74) is 2.05. The van der Waals surface area contributed by atoms with Crippen LogP contribution in [0.25, 0.3) is 0 Å². The Morgan fingerprint density at radius 2 is 1.89 bits per heavy atom. The van der Waals surface area contributed by atoms with E-state index in [4.69, 9.17) is 4.74 Å². The highest BCUT2D eigenvalue weighted by Crippen LogP contribution is 2.18. The van der Waals surface area contributed by atoms with E-state index >= 15 is 0 Å². The van der Waals surface area contributed by atoms with Gasteiger partial charge in [0.1, 0.15) is 5.75 Å². The van der Waals surface area contributed by atoms with E-state index in [1.165, 1.54) is 5.56 Å². The average Bonchev–Trinajstić information content (AvgIpc) is 2.39. The second-order valence-electron chi connectivity index (χ2n) is 3.99. The zero-order chi connectivity index (χ0) is 12.8. The van der Waals surface area contributed by atoms with Crippen LogP contribution in [-0.2, 0) is 13.0 Å². The highest BCUT2D eigenvalue weighted by molar-refractivity contribution is 9.10. The highest BCUT2D eigenvalue weighted by atomic mass is 79.9. The molecule has 0 unspecified atom stereocenters. The Kier molecular flexibility index (Phi) is 4.79. The Balaban J connectivity index is 1.92. The summed E-state index contributed by atoms with van der Waals surface area (Å²) in [7, 11) is 0. The van der Waals surface area contributed by atoms with Crippen molar-refractivity contribution in [3.8, 4) is 5.75 Å². The number of aliphatic hydroxyl groups excluding tert-OH is 1. The number of hydrogen-bond acceptors (Lipinski definition) is 2. The highest BCUT2D eigenvalue weighted by Gasteiger charge is 2.01. The first kappa shape index (κ1) is 13.1. The van der Waals surface area contributed by atoms with Crippen LogP contribution in [0.3, 0.4) is 0 Å². The molecule has 2 aromatic rings. The molecule has 0 spiro atoms. The quantitative estimate of drug-likeness (QED) is 0.915. The van der Waals surface area contributed by atoms with E-state index in [-0.39, 0.29) is 6.61 Å².